The zero-order valence-corrected chi connectivity index (χ0v) is 21.7. The van der Waals surface area contributed by atoms with Gasteiger partial charge in [0, 0.05) is 29.5 Å². The van der Waals surface area contributed by atoms with E-state index in [9.17, 15) is 0 Å². The molecule has 0 aliphatic heterocycles. The molecule has 0 amide bonds. The molecule has 0 unspecified atom stereocenters. The highest BCUT2D eigenvalue weighted by atomic mass is 32.1. The molecule has 0 aliphatic carbocycles. The predicted octanol–water partition coefficient (Wildman–Crippen LogP) is 6.17. The summed E-state index contributed by atoms with van der Waals surface area (Å²) < 4.78 is 11.7. The largest absolute Gasteiger partial charge is 0.494 e. The summed E-state index contributed by atoms with van der Waals surface area (Å²) in [5, 5.41) is 15.8. The van der Waals surface area contributed by atoms with Gasteiger partial charge in [0.05, 0.1) is 18.9 Å². The van der Waals surface area contributed by atoms with E-state index in [2.05, 4.69) is 46.9 Å². The molecular weight excluding hydrogens is 484 g/mol. The summed E-state index contributed by atoms with van der Waals surface area (Å²) in [7, 11) is 1.90. The first-order valence-corrected chi connectivity index (χ1v) is 13.1. The first kappa shape index (κ1) is 26.0. The summed E-state index contributed by atoms with van der Waals surface area (Å²) in [5.74, 6) is 1.71. The Morgan fingerprint density at radius 2 is 1.51 bits per heavy atom. The summed E-state index contributed by atoms with van der Waals surface area (Å²) in [6.07, 6.45) is 3.75. The first-order chi connectivity index (χ1) is 18.2. The molecule has 7 nitrogen and oxygen atoms in total. The Bertz CT molecular complexity index is 1270. The van der Waals surface area contributed by atoms with Crippen LogP contribution in [-0.2, 0) is 6.42 Å². The topological polar surface area (TPSA) is 102 Å². The van der Waals surface area contributed by atoms with Crippen molar-refractivity contribution in [2.24, 2.45) is 10.9 Å². The molecule has 0 radical (unpaired) electrons. The van der Waals surface area contributed by atoms with Crippen molar-refractivity contribution in [1.29, 1.82) is 0 Å². The third kappa shape index (κ3) is 7.47. The van der Waals surface area contributed by atoms with E-state index < -0.39 is 0 Å². The fourth-order valence-corrected chi connectivity index (χ4v) is 4.81. The van der Waals surface area contributed by atoms with Gasteiger partial charge >= 0.3 is 0 Å². The molecule has 4 aromatic rings. The first-order valence-electron chi connectivity index (χ1n) is 12.3. The van der Waals surface area contributed by atoms with Crippen LogP contribution < -0.4 is 20.5 Å². The van der Waals surface area contributed by atoms with Gasteiger partial charge < -0.3 is 25.7 Å². The van der Waals surface area contributed by atoms with Crippen LogP contribution in [0.3, 0.4) is 0 Å². The van der Waals surface area contributed by atoms with Crippen LogP contribution in [0.4, 0.5) is 5.13 Å². The van der Waals surface area contributed by atoms with Crippen LogP contribution >= 0.6 is 11.3 Å². The molecule has 4 N–H and O–H groups in total. The number of hydrogen-bond donors (Lipinski definition) is 3. The number of thiazole rings is 1. The minimum atomic E-state index is 0.0834. The molecule has 1 heterocycles. The van der Waals surface area contributed by atoms with Gasteiger partial charge in [-0.1, -0.05) is 35.5 Å². The Labute approximate surface area is 221 Å². The lowest BCUT2D eigenvalue weighted by Crippen LogP contribution is -2.12. The minimum Gasteiger partial charge on any atom is -0.494 e. The number of benzene rings is 3. The average molecular weight is 517 g/mol. The van der Waals surface area contributed by atoms with Crippen molar-refractivity contribution in [2.45, 2.75) is 25.7 Å². The highest BCUT2D eigenvalue weighted by molar-refractivity contribution is 7.16. The van der Waals surface area contributed by atoms with Crippen molar-refractivity contribution in [1.82, 2.24) is 4.98 Å². The van der Waals surface area contributed by atoms with E-state index in [1.54, 1.807) is 23.5 Å². The van der Waals surface area contributed by atoms with Crippen molar-refractivity contribution in [3.8, 4) is 22.8 Å². The summed E-state index contributed by atoms with van der Waals surface area (Å²) >= 11 is 1.70. The van der Waals surface area contributed by atoms with Gasteiger partial charge in [0.2, 0.25) is 0 Å². The number of oxime groups is 1. The Hall–Kier alpha value is -4.04. The number of amidine groups is 1. The molecule has 4 rings (SSSR count). The number of nitrogens with zero attached hydrogens (tertiary/aromatic N) is 2. The number of rotatable bonds is 13. The van der Waals surface area contributed by atoms with E-state index in [-0.39, 0.29) is 5.84 Å². The van der Waals surface area contributed by atoms with Crippen molar-refractivity contribution in [2.75, 3.05) is 25.6 Å². The highest BCUT2D eigenvalue weighted by Crippen LogP contribution is 2.33. The number of nitrogens with one attached hydrogen (secondary N) is 1. The maximum atomic E-state index is 8.72. The van der Waals surface area contributed by atoms with Gasteiger partial charge in [-0.3, -0.25) is 0 Å². The molecule has 8 heteroatoms. The maximum Gasteiger partial charge on any atom is 0.183 e. The number of anilines is 1. The van der Waals surface area contributed by atoms with E-state index in [1.165, 1.54) is 10.4 Å². The van der Waals surface area contributed by atoms with Crippen molar-refractivity contribution in [3.05, 3.63) is 94.9 Å². The van der Waals surface area contributed by atoms with Crippen molar-refractivity contribution < 1.29 is 14.7 Å². The molecule has 0 bridgehead atoms. The second-order valence-corrected chi connectivity index (χ2v) is 9.58. The molecule has 0 saturated heterocycles. The van der Waals surface area contributed by atoms with Crippen molar-refractivity contribution in [3.63, 3.8) is 0 Å². The second kappa shape index (κ2) is 13.3. The van der Waals surface area contributed by atoms with E-state index in [0.29, 0.717) is 18.8 Å². The SMILES string of the molecule is CNc1nc(-c2ccc(OCCCCCOc3ccc(C(N)=NO)cc3)cc2)c(Cc2ccccc2)s1. The molecule has 0 saturated carbocycles. The molecule has 37 heavy (non-hydrogen) atoms. The average Bonchev–Trinajstić information content (AvgIpc) is 3.36. The predicted molar refractivity (Wildman–Crippen MR) is 150 cm³/mol. The van der Waals surface area contributed by atoms with Gasteiger partial charge in [-0.15, -0.1) is 11.3 Å². The lowest BCUT2D eigenvalue weighted by molar-refractivity contribution is 0.279. The summed E-state index contributed by atoms with van der Waals surface area (Å²) in [5.41, 5.74) is 9.61. The molecular formula is C29H32N4O3S. The third-order valence-electron chi connectivity index (χ3n) is 5.83. The van der Waals surface area contributed by atoms with Crippen LogP contribution in [0.2, 0.25) is 0 Å². The molecule has 0 fully saturated rings. The molecule has 0 atom stereocenters. The van der Waals surface area contributed by atoms with Gasteiger partial charge in [0.1, 0.15) is 11.5 Å². The van der Waals surface area contributed by atoms with Crippen LogP contribution in [0.5, 0.6) is 11.5 Å². The monoisotopic (exact) mass is 516 g/mol. The van der Waals surface area contributed by atoms with Gasteiger partial charge in [-0.25, -0.2) is 4.98 Å². The number of ether oxygens (including phenoxy) is 2. The van der Waals surface area contributed by atoms with Crippen molar-refractivity contribution >= 4 is 22.3 Å². The standard InChI is InChI=1S/C29H32N4O3S/c1-31-29-32-27(26(37-29)20-21-8-4-2-5-9-21)22-10-14-24(15-11-22)35-18-6-3-7-19-36-25-16-12-23(13-17-25)28(30)33-34/h2,4-5,8-17,34H,3,6-7,18-20H2,1H3,(H2,30,33)(H,31,32). The lowest BCUT2D eigenvalue weighted by Gasteiger charge is -2.09. The molecule has 0 spiro atoms. The Morgan fingerprint density at radius 3 is 2.11 bits per heavy atom. The summed E-state index contributed by atoms with van der Waals surface area (Å²) in [6, 6.07) is 25.8. The summed E-state index contributed by atoms with van der Waals surface area (Å²) in [6.45, 7) is 1.29. The van der Waals surface area contributed by atoms with E-state index >= 15 is 0 Å². The van der Waals surface area contributed by atoms with E-state index in [1.807, 2.05) is 37.4 Å². The fraction of sp³-hybridized carbons (Fsp3) is 0.241. The summed E-state index contributed by atoms with van der Waals surface area (Å²) in [4.78, 5) is 6.04. The van der Waals surface area contributed by atoms with Crippen LogP contribution in [0.15, 0.2) is 84.0 Å². The minimum absolute atomic E-state index is 0.0834. The fourth-order valence-electron chi connectivity index (χ4n) is 3.83. The number of hydrogen-bond acceptors (Lipinski definition) is 7. The third-order valence-corrected chi connectivity index (χ3v) is 6.90. The van der Waals surface area contributed by atoms with E-state index in [4.69, 9.17) is 25.4 Å². The highest BCUT2D eigenvalue weighted by Gasteiger charge is 2.13. The number of nitrogens with two attached hydrogens (primary N) is 1. The normalized spacial score (nSPS) is 11.3. The molecule has 3 aromatic carbocycles. The zero-order valence-electron chi connectivity index (χ0n) is 20.9. The van der Waals surface area contributed by atoms with Crippen LogP contribution in [0.25, 0.3) is 11.3 Å². The van der Waals surface area contributed by atoms with Crippen LogP contribution in [0, 0.1) is 0 Å². The Kier molecular flexibility index (Phi) is 9.37. The number of aromatic nitrogens is 1. The Morgan fingerprint density at radius 1 is 0.892 bits per heavy atom. The Balaban J connectivity index is 1.20. The molecule has 1 aromatic heterocycles. The van der Waals surface area contributed by atoms with Crippen LogP contribution in [-0.4, -0.2) is 36.3 Å². The van der Waals surface area contributed by atoms with Gasteiger partial charge in [-0.05, 0) is 73.4 Å². The van der Waals surface area contributed by atoms with E-state index in [0.717, 1.165) is 53.6 Å². The molecule has 192 valence electrons. The second-order valence-electron chi connectivity index (χ2n) is 8.49. The van der Waals surface area contributed by atoms with Crippen LogP contribution in [0.1, 0.15) is 35.3 Å². The smallest absolute Gasteiger partial charge is 0.183 e. The quantitative estimate of drug-likeness (QED) is 0.0646. The maximum absolute atomic E-state index is 8.72. The van der Waals surface area contributed by atoms with Gasteiger partial charge in [-0.2, -0.15) is 0 Å². The van der Waals surface area contributed by atoms with Gasteiger partial charge in [0.15, 0.2) is 11.0 Å². The molecule has 0 aliphatic rings. The number of unbranched alkanes of at least 4 members (excludes halogenated alkanes) is 2. The lowest BCUT2D eigenvalue weighted by atomic mass is 10.1. The zero-order chi connectivity index (χ0) is 25.9. The van der Waals surface area contributed by atoms with Gasteiger partial charge in [0.25, 0.3) is 0 Å².